The van der Waals surface area contributed by atoms with Crippen LogP contribution in [-0.4, -0.2) is 11.1 Å². The molecule has 0 bridgehead atoms. The van der Waals surface area contributed by atoms with Crippen molar-refractivity contribution in [1.29, 1.82) is 0 Å². The van der Waals surface area contributed by atoms with E-state index in [1.165, 1.54) is 0 Å². The van der Waals surface area contributed by atoms with Gasteiger partial charge in [0.05, 0.1) is 5.92 Å². The predicted molar refractivity (Wildman–Crippen MR) is 29.5 cm³/mol. The molecule has 0 unspecified atom stereocenters. The average molecular weight is 114 g/mol. The molecule has 1 fully saturated rings. The molecular formula is C6H10O2. The maximum Gasteiger partial charge on any atom is 0.307 e. The first kappa shape index (κ1) is 5.60. The van der Waals surface area contributed by atoms with Crippen LogP contribution in [0.15, 0.2) is 0 Å². The molecule has 46 valence electrons. The van der Waals surface area contributed by atoms with Crippen molar-refractivity contribution in [2.45, 2.75) is 13.8 Å². The summed E-state index contributed by atoms with van der Waals surface area (Å²) in [6.45, 7) is 3.95. The van der Waals surface area contributed by atoms with Crippen LogP contribution in [0.5, 0.6) is 0 Å². The molecule has 0 radical (unpaired) electrons. The lowest BCUT2D eigenvalue weighted by molar-refractivity contribution is -0.139. The first-order valence-corrected chi connectivity index (χ1v) is 2.87. The largest absolute Gasteiger partial charge is 0.481 e. The monoisotopic (exact) mass is 114 g/mol. The highest BCUT2D eigenvalue weighted by atomic mass is 16.4. The van der Waals surface area contributed by atoms with Crippen LogP contribution in [-0.2, 0) is 4.79 Å². The third kappa shape index (κ3) is 0.602. The lowest BCUT2D eigenvalue weighted by Gasteiger charge is -1.81. The Balaban J connectivity index is 2.44. The van der Waals surface area contributed by atoms with Crippen LogP contribution >= 0.6 is 0 Å². The van der Waals surface area contributed by atoms with Gasteiger partial charge in [-0.15, -0.1) is 0 Å². The van der Waals surface area contributed by atoms with Crippen LogP contribution in [0.25, 0.3) is 0 Å². The van der Waals surface area contributed by atoms with Crippen LogP contribution in [0, 0.1) is 17.8 Å². The summed E-state index contributed by atoms with van der Waals surface area (Å²) >= 11 is 0. The Kier molecular flexibility index (Phi) is 1.03. The van der Waals surface area contributed by atoms with Crippen LogP contribution in [0.1, 0.15) is 13.8 Å². The Morgan fingerprint density at radius 1 is 1.38 bits per heavy atom. The topological polar surface area (TPSA) is 37.3 Å². The van der Waals surface area contributed by atoms with Crippen LogP contribution in [0.3, 0.4) is 0 Å². The number of carboxylic acid groups (broad SMARTS) is 1. The summed E-state index contributed by atoms with van der Waals surface area (Å²) in [6, 6.07) is 0. The summed E-state index contributed by atoms with van der Waals surface area (Å²) < 4.78 is 0. The van der Waals surface area contributed by atoms with Crippen molar-refractivity contribution in [3.05, 3.63) is 0 Å². The second-order valence-electron chi connectivity index (χ2n) is 2.58. The molecule has 0 aromatic carbocycles. The molecule has 1 rings (SSSR count). The molecular weight excluding hydrogens is 104 g/mol. The normalized spacial score (nSPS) is 44.0. The Morgan fingerprint density at radius 3 is 1.75 bits per heavy atom. The van der Waals surface area contributed by atoms with Crippen molar-refractivity contribution in [2.24, 2.45) is 17.8 Å². The van der Waals surface area contributed by atoms with Gasteiger partial charge in [-0.3, -0.25) is 4.79 Å². The number of carboxylic acids is 1. The molecule has 2 heteroatoms. The summed E-state index contributed by atoms with van der Waals surface area (Å²) in [5.41, 5.74) is 0. The van der Waals surface area contributed by atoms with E-state index in [2.05, 4.69) is 0 Å². The highest BCUT2D eigenvalue weighted by molar-refractivity contribution is 5.73. The molecule has 0 heterocycles. The Hall–Kier alpha value is -0.530. The Bertz CT molecular complexity index is 112. The number of rotatable bonds is 1. The third-order valence-corrected chi connectivity index (χ3v) is 2.11. The minimum absolute atomic E-state index is 0.0463. The second kappa shape index (κ2) is 1.47. The van der Waals surface area contributed by atoms with Gasteiger partial charge in [0.25, 0.3) is 0 Å². The molecule has 2 atom stereocenters. The van der Waals surface area contributed by atoms with Crippen molar-refractivity contribution >= 4 is 5.97 Å². The molecule has 1 aliphatic carbocycles. The van der Waals surface area contributed by atoms with Crippen molar-refractivity contribution in [2.75, 3.05) is 0 Å². The van der Waals surface area contributed by atoms with E-state index < -0.39 is 5.97 Å². The molecule has 0 aliphatic heterocycles. The summed E-state index contributed by atoms with van der Waals surface area (Å²) in [6.07, 6.45) is 0. The van der Waals surface area contributed by atoms with Gasteiger partial charge in [0.2, 0.25) is 0 Å². The lowest BCUT2D eigenvalue weighted by atomic mass is 10.3. The number of aliphatic carboxylic acids is 1. The van der Waals surface area contributed by atoms with E-state index in [0.717, 1.165) is 0 Å². The van der Waals surface area contributed by atoms with Crippen LogP contribution < -0.4 is 0 Å². The van der Waals surface area contributed by atoms with Gasteiger partial charge >= 0.3 is 5.97 Å². The van der Waals surface area contributed by atoms with Gasteiger partial charge in [-0.1, -0.05) is 13.8 Å². The minimum atomic E-state index is -0.634. The third-order valence-electron chi connectivity index (χ3n) is 2.11. The van der Waals surface area contributed by atoms with E-state index in [4.69, 9.17) is 5.11 Å². The zero-order valence-corrected chi connectivity index (χ0v) is 5.09. The molecule has 8 heavy (non-hydrogen) atoms. The summed E-state index contributed by atoms with van der Waals surface area (Å²) in [4.78, 5) is 10.2. The average Bonchev–Trinajstić information content (AvgIpc) is 2.15. The van der Waals surface area contributed by atoms with Gasteiger partial charge in [-0.2, -0.15) is 0 Å². The Labute approximate surface area is 48.5 Å². The quantitative estimate of drug-likeness (QED) is 0.551. The molecule has 1 aliphatic rings. The summed E-state index contributed by atoms with van der Waals surface area (Å²) in [7, 11) is 0. The predicted octanol–water partition coefficient (Wildman–Crippen LogP) is 0.973. The molecule has 0 aromatic rings. The van der Waals surface area contributed by atoms with Crippen molar-refractivity contribution in [3.8, 4) is 0 Å². The number of hydrogen-bond donors (Lipinski definition) is 1. The van der Waals surface area contributed by atoms with Gasteiger partial charge in [0, 0.05) is 0 Å². The van der Waals surface area contributed by atoms with E-state index in [-0.39, 0.29) is 5.92 Å². The summed E-state index contributed by atoms with van der Waals surface area (Å²) in [5.74, 6) is 0.139. The van der Waals surface area contributed by atoms with Gasteiger partial charge in [-0.25, -0.2) is 0 Å². The van der Waals surface area contributed by atoms with Gasteiger partial charge < -0.3 is 5.11 Å². The SMILES string of the molecule is C[C@@H]1C(C(=O)O)[C@H]1C. The number of carbonyl (C=O) groups is 1. The van der Waals surface area contributed by atoms with Crippen molar-refractivity contribution in [1.82, 2.24) is 0 Å². The van der Waals surface area contributed by atoms with E-state index in [9.17, 15) is 4.79 Å². The van der Waals surface area contributed by atoms with Gasteiger partial charge in [0.1, 0.15) is 0 Å². The lowest BCUT2D eigenvalue weighted by Crippen LogP contribution is -1.98. The van der Waals surface area contributed by atoms with Crippen molar-refractivity contribution < 1.29 is 9.90 Å². The summed E-state index contributed by atoms with van der Waals surface area (Å²) in [5, 5.41) is 8.39. The first-order chi connectivity index (χ1) is 3.64. The molecule has 0 amide bonds. The minimum Gasteiger partial charge on any atom is -0.481 e. The van der Waals surface area contributed by atoms with E-state index >= 15 is 0 Å². The first-order valence-electron chi connectivity index (χ1n) is 2.87. The maximum absolute atomic E-state index is 10.2. The molecule has 0 saturated heterocycles. The fraction of sp³-hybridized carbons (Fsp3) is 0.833. The molecule has 0 spiro atoms. The fourth-order valence-electron chi connectivity index (χ4n) is 1.11. The molecule has 1 saturated carbocycles. The van der Waals surface area contributed by atoms with Crippen LogP contribution in [0.4, 0.5) is 0 Å². The van der Waals surface area contributed by atoms with Gasteiger partial charge in [0.15, 0.2) is 0 Å². The van der Waals surface area contributed by atoms with E-state index in [0.29, 0.717) is 11.8 Å². The number of hydrogen-bond acceptors (Lipinski definition) is 1. The zero-order chi connectivity index (χ0) is 6.31. The molecule has 0 aromatic heterocycles. The highest BCUT2D eigenvalue weighted by Crippen LogP contribution is 2.45. The van der Waals surface area contributed by atoms with Gasteiger partial charge in [-0.05, 0) is 11.8 Å². The van der Waals surface area contributed by atoms with Crippen molar-refractivity contribution in [3.63, 3.8) is 0 Å². The van der Waals surface area contributed by atoms with Crippen LogP contribution in [0.2, 0.25) is 0 Å². The molecule has 1 N–H and O–H groups in total. The highest BCUT2D eigenvalue weighted by Gasteiger charge is 2.48. The standard InChI is InChI=1S/C6H10O2/c1-3-4(2)5(3)6(7)8/h3-5H,1-2H3,(H,7,8)/t3-,4-/m0/s1. The van der Waals surface area contributed by atoms with E-state index in [1.807, 2.05) is 13.8 Å². The second-order valence-corrected chi connectivity index (χ2v) is 2.58. The zero-order valence-electron chi connectivity index (χ0n) is 5.09. The smallest absolute Gasteiger partial charge is 0.307 e. The maximum atomic E-state index is 10.2. The Morgan fingerprint density at radius 2 is 1.75 bits per heavy atom. The van der Waals surface area contributed by atoms with E-state index in [1.54, 1.807) is 0 Å². The fourth-order valence-corrected chi connectivity index (χ4v) is 1.11. The molecule has 2 nitrogen and oxygen atoms in total.